The Bertz CT molecular complexity index is 1130. The molecule has 4 aromatic rings. The Morgan fingerprint density at radius 2 is 1.79 bits per heavy atom. The van der Waals surface area contributed by atoms with E-state index in [1.165, 1.54) is 10.8 Å². The van der Waals surface area contributed by atoms with Crippen molar-refractivity contribution in [1.82, 2.24) is 9.55 Å². The lowest BCUT2D eigenvalue weighted by Crippen LogP contribution is -2.13. The molecule has 142 valence electrons. The molecule has 0 aliphatic rings. The summed E-state index contributed by atoms with van der Waals surface area (Å²) in [5.41, 5.74) is 3.05. The van der Waals surface area contributed by atoms with Crippen LogP contribution in [0.4, 0.5) is 5.95 Å². The molecule has 1 N–H and O–H groups in total. The Kier molecular flexibility index (Phi) is 5.29. The SMILES string of the molecule is CCC(Nc1nc(-c2ccc3ccccc3c2)cn1C)c1ccc(Cl)cc1Cl. The first-order chi connectivity index (χ1) is 13.5. The van der Waals surface area contributed by atoms with Crippen LogP contribution in [0.2, 0.25) is 10.0 Å². The molecular weight excluding hydrogens is 389 g/mol. The van der Waals surface area contributed by atoms with Crippen molar-refractivity contribution in [1.29, 1.82) is 0 Å². The summed E-state index contributed by atoms with van der Waals surface area (Å²) in [6.45, 7) is 2.12. The Morgan fingerprint density at radius 1 is 1.00 bits per heavy atom. The van der Waals surface area contributed by atoms with Gasteiger partial charge in [0.05, 0.1) is 11.7 Å². The summed E-state index contributed by atoms with van der Waals surface area (Å²) in [6.07, 6.45) is 2.92. The highest BCUT2D eigenvalue weighted by Crippen LogP contribution is 2.31. The van der Waals surface area contributed by atoms with Gasteiger partial charge in [-0.1, -0.05) is 72.6 Å². The van der Waals surface area contributed by atoms with Gasteiger partial charge in [0.15, 0.2) is 0 Å². The summed E-state index contributed by atoms with van der Waals surface area (Å²) in [6, 6.07) is 20.4. The minimum absolute atomic E-state index is 0.0512. The van der Waals surface area contributed by atoms with Crippen molar-refractivity contribution in [3.63, 3.8) is 0 Å². The second-order valence-corrected chi connectivity index (χ2v) is 7.74. The second-order valence-electron chi connectivity index (χ2n) is 6.89. The lowest BCUT2D eigenvalue weighted by Gasteiger charge is -2.19. The molecule has 0 spiro atoms. The molecule has 5 heteroatoms. The van der Waals surface area contributed by atoms with Crippen molar-refractivity contribution in [2.75, 3.05) is 5.32 Å². The number of aromatic nitrogens is 2. The molecule has 0 aliphatic carbocycles. The number of hydrogen-bond donors (Lipinski definition) is 1. The molecule has 3 nitrogen and oxygen atoms in total. The van der Waals surface area contributed by atoms with Gasteiger partial charge < -0.3 is 9.88 Å². The molecule has 1 aromatic heterocycles. The van der Waals surface area contributed by atoms with Crippen molar-refractivity contribution >= 4 is 39.9 Å². The Labute approximate surface area is 174 Å². The first-order valence-electron chi connectivity index (χ1n) is 9.29. The molecule has 1 unspecified atom stereocenters. The highest BCUT2D eigenvalue weighted by atomic mass is 35.5. The Morgan fingerprint density at radius 3 is 2.54 bits per heavy atom. The van der Waals surface area contributed by atoms with E-state index in [4.69, 9.17) is 28.2 Å². The lowest BCUT2D eigenvalue weighted by atomic mass is 10.0. The minimum Gasteiger partial charge on any atom is -0.349 e. The van der Waals surface area contributed by atoms with Gasteiger partial charge in [-0.2, -0.15) is 0 Å². The van der Waals surface area contributed by atoms with Crippen molar-refractivity contribution in [3.8, 4) is 11.3 Å². The van der Waals surface area contributed by atoms with Gasteiger partial charge in [-0.15, -0.1) is 0 Å². The van der Waals surface area contributed by atoms with E-state index in [0.717, 1.165) is 29.2 Å². The van der Waals surface area contributed by atoms with Crippen LogP contribution in [0.3, 0.4) is 0 Å². The van der Waals surface area contributed by atoms with E-state index in [1.54, 1.807) is 6.07 Å². The molecule has 28 heavy (non-hydrogen) atoms. The molecular formula is C23H21Cl2N3. The molecule has 0 saturated heterocycles. The number of fused-ring (bicyclic) bond motifs is 1. The Balaban J connectivity index is 1.64. The number of hydrogen-bond acceptors (Lipinski definition) is 2. The van der Waals surface area contributed by atoms with Crippen LogP contribution in [0.15, 0.2) is 66.9 Å². The van der Waals surface area contributed by atoms with E-state index in [-0.39, 0.29) is 6.04 Å². The van der Waals surface area contributed by atoms with E-state index in [2.05, 4.69) is 54.7 Å². The van der Waals surface area contributed by atoms with Crippen LogP contribution >= 0.6 is 23.2 Å². The normalized spacial score (nSPS) is 12.3. The lowest BCUT2D eigenvalue weighted by molar-refractivity contribution is 0.727. The van der Waals surface area contributed by atoms with Crippen LogP contribution in [0, 0.1) is 0 Å². The molecule has 0 aliphatic heterocycles. The van der Waals surface area contributed by atoms with Crippen LogP contribution < -0.4 is 5.32 Å². The number of nitrogens with zero attached hydrogens (tertiary/aromatic N) is 2. The second kappa shape index (κ2) is 7.86. The van der Waals surface area contributed by atoms with Gasteiger partial charge in [0.25, 0.3) is 0 Å². The van der Waals surface area contributed by atoms with Gasteiger partial charge >= 0.3 is 0 Å². The van der Waals surface area contributed by atoms with Crippen LogP contribution in [-0.2, 0) is 7.05 Å². The highest BCUT2D eigenvalue weighted by molar-refractivity contribution is 6.35. The zero-order chi connectivity index (χ0) is 19.7. The minimum atomic E-state index is 0.0512. The van der Waals surface area contributed by atoms with Crippen molar-refractivity contribution < 1.29 is 0 Å². The number of aryl methyl sites for hydroxylation is 1. The van der Waals surface area contributed by atoms with Crippen LogP contribution in [0.5, 0.6) is 0 Å². The van der Waals surface area contributed by atoms with E-state index in [9.17, 15) is 0 Å². The number of benzene rings is 3. The predicted molar refractivity (Wildman–Crippen MR) is 119 cm³/mol. The van der Waals surface area contributed by atoms with Gasteiger partial charge in [0.2, 0.25) is 5.95 Å². The number of imidazole rings is 1. The summed E-state index contributed by atoms with van der Waals surface area (Å²) in [5, 5.41) is 7.26. The fourth-order valence-electron chi connectivity index (χ4n) is 3.43. The third-order valence-corrected chi connectivity index (χ3v) is 5.53. The molecule has 4 rings (SSSR count). The summed E-state index contributed by atoms with van der Waals surface area (Å²) in [5.74, 6) is 0.807. The monoisotopic (exact) mass is 409 g/mol. The standard InChI is InChI=1S/C23H21Cl2N3/c1-3-21(19-11-10-18(24)13-20(19)25)26-23-27-22(14-28(23)2)17-9-8-15-6-4-5-7-16(15)12-17/h4-14,21H,3H2,1-2H3,(H,26,27). The molecule has 1 atom stereocenters. The largest absolute Gasteiger partial charge is 0.349 e. The molecule has 0 saturated carbocycles. The van der Waals surface area contributed by atoms with E-state index in [0.29, 0.717) is 10.0 Å². The molecule has 0 radical (unpaired) electrons. The fraction of sp³-hybridized carbons (Fsp3) is 0.174. The first kappa shape index (κ1) is 18.9. The third kappa shape index (κ3) is 3.73. The number of rotatable bonds is 5. The molecule has 3 aromatic carbocycles. The molecule has 1 heterocycles. The maximum absolute atomic E-state index is 6.41. The Hall–Kier alpha value is -2.49. The number of nitrogens with one attached hydrogen (secondary N) is 1. The summed E-state index contributed by atoms with van der Waals surface area (Å²) >= 11 is 12.5. The zero-order valence-electron chi connectivity index (χ0n) is 15.8. The van der Waals surface area contributed by atoms with Gasteiger partial charge in [-0.05, 0) is 41.0 Å². The molecule has 0 fully saturated rings. The first-order valence-corrected chi connectivity index (χ1v) is 10.0. The number of anilines is 1. The van der Waals surface area contributed by atoms with Crippen molar-refractivity contribution in [2.45, 2.75) is 19.4 Å². The average Bonchev–Trinajstić information content (AvgIpc) is 3.06. The maximum atomic E-state index is 6.41. The maximum Gasteiger partial charge on any atom is 0.203 e. The summed E-state index contributed by atoms with van der Waals surface area (Å²) < 4.78 is 2.01. The van der Waals surface area contributed by atoms with Gasteiger partial charge in [-0.25, -0.2) is 4.98 Å². The molecule has 0 bridgehead atoms. The average molecular weight is 410 g/mol. The van der Waals surface area contributed by atoms with Crippen LogP contribution in [-0.4, -0.2) is 9.55 Å². The number of halogens is 2. The van der Waals surface area contributed by atoms with Crippen molar-refractivity contribution in [3.05, 3.63) is 82.5 Å². The van der Waals surface area contributed by atoms with E-state index >= 15 is 0 Å². The predicted octanol–water partition coefficient (Wildman–Crippen LogP) is 7.11. The van der Waals surface area contributed by atoms with Crippen LogP contribution in [0.25, 0.3) is 22.0 Å². The quantitative estimate of drug-likeness (QED) is 0.380. The fourth-order valence-corrected chi connectivity index (χ4v) is 3.97. The van der Waals surface area contributed by atoms with Gasteiger partial charge in [0, 0.05) is 28.9 Å². The summed E-state index contributed by atoms with van der Waals surface area (Å²) in [7, 11) is 2.00. The highest BCUT2D eigenvalue weighted by Gasteiger charge is 2.16. The van der Waals surface area contributed by atoms with Crippen LogP contribution in [0.1, 0.15) is 24.9 Å². The van der Waals surface area contributed by atoms with E-state index < -0.39 is 0 Å². The van der Waals surface area contributed by atoms with E-state index in [1.807, 2.05) is 29.9 Å². The third-order valence-electron chi connectivity index (χ3n) is 4.97. The molecule has 0 amide bonds. The van der Waals surface area contributed by atoms with Gasteiger partial charge in [-0.3, -0.25) is 0 Å². The van der Waals surface area contributed by atoms with Gasteiger partial charge in [0.1, 0.15) is 0 Å². The topological polar surface area (TPSA) is 29.9 Å². The summed E-state index contributed by atoms with van der Waals surface area (Å²) in [4.78, 5) is 4.83. The van der Waals surface area contributed by atoms with Crippen molar-refractivity contribution in [2.24, 2.45) is 7.05 Å². The zero-order valence-corrected chi connectivity index (χ0v) is 17.3. The smallest absolute Gasteiger partial charge is 0.203 e.